The molecule has 0 atom stereocenters. The highest BCUT2D eigenvalue weighted by atomic mass is 33.1. The SMILES string of the molecule is c1cc(OCC2CCOCC2)cc(SSc2cccc(OCC3CCOCC3)c2)c1. The largest absolute Gasteiger partial charge is 0.493 e. The minimum absolute atomic E-state index is 0.605. The second-order valence-corrected chi connectivity index (χ2v) is 10.1. The molecule has 0 amide bonds. The molecule has 0 spiro atoms. The van der Waals surface area contributed by atoms with Crippen LogP contribution in [0.1, 0.15) is 25.7 Å². The van der Waals surface area contributed by atoms with Crippen molar-refractivity contribution < 1.29 is 18.9 Å². The van der Waals surface area contributed by atoms with Gasteiger partial charge in [-0.2, -0.15) is 0 Å². The summed E-state index contributed by atoms with van der Waals surface area (Å²) in [6, 6.07) is 16.7. The molecule has 2 aromatic carbocycles. The maximum atomic E-state index is 6.04. The molecule has 2 aliphatic rings. The summed E-state index contributed by atoms with van der Waals surface area (Å²) in [5, 5.41) is 0. The predicted molar refractivity (Wildman–Crippen MR) is 123 cm³/mol. The van der Waals surface area contributed by atoms with Crippen LogP contribution in [-0.4, -0.2) is 39.6 Å². The molecule has 162 valence electrons. The van der Waals surface area contributed by atoms with Crippen LogP contribution in [-0.2, 0) is 9.47 Å². The van der Waals surface area contributed by atoms with Gasteiger partial charge in [-0.05, 0) is 73.9 Å². The van der Waals surface area contributed by atoms with E-state index in [4.69, 9.17) is 18.9 Å². The van der Waals surface area contributed by atoms with Crippen LogP contribution in [0.15, 0.2) is 58.3 Å². The fourth-order valence-corrected chi connectivity index (χ4v) is 5.57. The first-order valence-corrected chi connectivity index (χ1v) is 13.0. The summed E-state index contributed by atoms with van der Waals surface area (Å²) in [5.41, 5.74) is 0. The van der Waals surface area contributed by atoms with Gasteiger partial charge in [0, 0.05) is 36.2 Å². The molecule has 0 unspecified atom stereocenters. The zero-order valence-corrected chi connectivity index (χ0v) is 18.9. The van der Waals surface area contributed by atoms with Gasteiger partial charge in [-0.1, -0.05) is 33.7 Å². The highest BCUT2D eigenvalue weighted by molar-refractivity contribution is 8.76. The number of benzene rings is 2. The van der Waals surface area contributed by atoms with Crippen molar-refractivity contribution in [3.05, 3.63) is 48.5 Å². The van der Waals surface area contributed by atoms with Crippen molar-refractivity contribution in [2.75, 3.05) is 39.6 Å². The highest BCUT2D eigenvalue weighted by Crippen LogP contribution is 2.39. The molecule has 30 heavy (non-hydrogen) atoms. The van der Waals surface area contributed by atoms with Crippen molar-refractivity contribution in [3.63, 3.8) is 0 Å². The van der Waals surface area contributed by atoms with Crippen molar-refractivity contribution in [2.24, 2.45) is 11.8 Å². The van der Waals surface area contributed by atoms with Crippen molar-refractivity contribution in [1.82, 2.24) is 0 Å². The lowest BCUT2D eigenvalue weighted by molar-refractivity contribution is 0.0497. The third kappa shape index (κ3) is 7.12. The van der Waals surface area contributed by atoms with E-state index in [0.29, 0.717) is 11.8 Å². The molecule has 0 aromatic heterocycles. The third-order valence-electron chi connectivity index (χ3n) is 5.50. The van der Waals surface area contributed by atoms with E-state index in [9.17, 15) is 0 Å². The molecule has 0 aliphatic carbocycles. The van der Waals surface area contributed by atoms with Gasteiger partial charge in [-0.15, -0.1) is 0 Å². The van der Waals surface area contributed by atoms with Crippen molar-refractivity contribution in [3.8, 4) is 11.5 Å². The van der Waals surface area contributed by atoms with Gasteiger partial charge in [0.25, 0.3) is 0 Å². The van der Waals surface area contributed by atoms with E-state index < -0.39 is 0 Å². The first kappa shape index (κ1) is 21.9. The van der Waals surface area contributed by atoms with Gasteiger partial charge in [0.05, 0.1) is 13.2 Å². The molecule has 2 aromatic rings. The Labute approximate surface area is 187 Å². The quantitative estimate of drug-likeness (QED) is 0.434. The van der Waals surface area contributed by atoms with E-state index >= 15 is 0 Å². The summed E-state index contributed by atoms with van der Waals surface area (Å²) in [7, 11) is 3.50. The Morgan fingerprint density at radius 3 is 1.53 bits per heavy atom. The van der Waals surface area contributed by atoms with E-state index in [1.54, 1.807) is 21.6 Å². The normalized spacial score (nSPS) is 18.3. The van der Waals surface area contributed by atoms with Crippen LogP contribution >= 0.6 is 21.6 Å². The summed E-state index contributed by atoms with van der Waals surface area (Å²) in [5.74, 6) is 3.10. The summed E-state index contributed by atoms with van der Waals surface area (Å²) >= 11 is 0. The molecule has 0 N–H and O–H groups in total. The molecule has 2 saturated heterocycles. The Hall–Kier alpha value is -1.34. The Morgan fingerprint density at radius 1 is 0.667 bits per heavy atom. The molecular weight excluding hydrogens is 416 g/mol. The molecule has 0 radical (unpaired) electrons. The van der Waals surface area contributed by atoms with Crippen LogP contribution in [0.4, 0.5) is 0 Å². The molecule has 6 heteroatoms. The Balaban J connectivity index is 1.24. The van der Waals surface area contributed by atoms with Crippen LogP contribution in [0.2, 0.25) is 0 Å². The lowest BCUT2D eigenvalue weighted by atomic mass is 10.0. The lowest BCUT2D eigenvalue weighted by Crippen LogP contribution is -2.21. The predicted octanol–water partition coefficient (Wildman–Crippen LogP) is 6.10. The van der Waals surface area contributed by atoms with Crippen LogP contribution in [0.3, 0.4) is 0 Å². The van der Waals surface area contributed by atoms with Gasteiger partial charge in [-0.3, -0.25) is 0 Å². The smallest absolute Gasteiger partial charge is 0.120 e. The molecule has 2 aliphatic heterocycles. The minimum Gasteiger partial charge on any atom is -0.493 e. The molecule has 4 nitrogen and oxygen atoms in total. The fourth-order valence-electron chi connectivity index (χ4n) is 3.58. The lowest BCUT2D eigenvalue weighted by Gasteiger charge is -2.22. The van der Waals surface area contributed by atoms with Crippen molar-refractivity contribution in [1.29, 1.82) is 0 Å². The van der Waals surface area contributed by atoms with Crippen LogP contribution in [0.25, 0.3) is 0 Å². The third-order valence-corrected chi connectivity index (χ3v) is 7.88. The van der Waals surface area contributed by atoms with E-state index in [2.05, 4.69) is 36.4 Å². The minimum atomic E-state index is 0.605. The molecule has 0 bridgehead atoms. The van der Waals surface area contributed by atoms with Gasteiger partial charge in [-0.25, -0.2) is 0 Å². The van der Waals surface area contributed by atoms with E-state index in [1.807, 2.05) is 12.1 Å². The van der Waals surface area contributed by atoms with Gasteiger partial charge < -0.3 is 18.9 Å². The Kier molecular flexibility index (Phi) is 8.67. The zero-order valence-electron chi connectivity index (χ0n) is 17.3. The summed E-state index contributed by atoms with van der Waals surface area (Å²) in [6.07, 6.45) is 4.38. The monoisotopic (exact) mass is 446 g/mol. The standard InChI is InChI=1S/C24H30O4S2/c1-3-21(27-17-19-7-11-25-12-8-19)15-23(5-1)29-30-24-6-2-4-22(16-24)28-18-20-9-13-26-14-10-20/h1-6,15-16,19-20H,7-14,17-18H2. The molecular formula is C24H30O4S2. The Morgan fingerprint density at radius 2 is 1.10 bits per heavy atom. The number of ether oxygens (including phenoxy) is 4. The number of hydrogen-bond acceptors (Lipinski definition) is 6. The van der Waals surface area contributed by atoms with E-state index in [0.717, 1.165) is 76.8 Å². The van der Waals surface area contributed by atoms with Gasteiger partial charge >= 0.3 is 0 Å². The molecule has 4 rings (SSSR count). The maximum Gasteiger partial charge on any atom is 0.120 e. The fraction of sp³-hybridized carbons (Fsp3) is 0.500. The average Bonchev–Trinajstić information content (AvgIpc) is 2.82. The van der Waals surface area contributed by atoms with Crippen LogP contribution in [0, 0.1) is 11.8 Å². The van der Waals surface area contributed by atoms with Gasteiger partial charge in [0.1, 0.15) is 11.5 Å². The molecule has 2 heterocycles. The summed E-state index contributed by atoms with van der Waals surface area (Å²) in [4.78, 5) is 2.39. The van der Waals surface area contributed by atoms with Crippen LogP contribution in [0.5, 0.6) is 11.5 Å². The summed E-state index contributed by atoms with van der Waals surface area (Å²) in [6.45, 7) is 4.99. The first-order chi connectivity index (χ1) is 14.8. The van der Waals surface area contributed by atoms with Gasteiger partial charge in [0.2, 0.25) is 0 Å². The van der Waals surface area contributed by atoms with E-state index in [1.165, 1.54) is 9.79 Å². The first-order valence-electron chi connectivity index (χ1n) is 10.8. The second kappa shape index (κ2) is 11.9. The topological polar surface area (TPSA) is 36.9 Å². The van der Waals surface area contributed by atoms with E-state index in [-0.39, 0.29) is 0 Å². The average molecular weight is 447 g/mol. The molecule has 2 fully saturated rings. The number of rotatable bonds is 9. The number of hydrogen-bond donors (Lipinski definition) is 0. The van der Waals surface area contributed by atoms with Crippen molar-refractivity contribution >= 4 is 21.6 Å². The molecule has 0 saturated carbocycles. The van der Waals surface area contributed by atoms with Crippen LogP contribution < -0.4 is 9.47 Å². The second-order valence-electron chi connectivity index (χ2n) is 7.85. The van der Waals surface area contributed by atoms with Gasteiger partial charge in [0.15, 0.2) is 0 Å². The maximum absolute atomic E-state index is 6.04. The summed E-state index contributed by atoms with van der Waals surface area (Å²) < 4.78 is 22.9. The zero-order chi connectivity index (χ0) is 20.4. The Bertz CT molecular complexity index is 708. The highest BCUT2D eigenvalue weighted by Gasteiger charge is 2.15. The van der Waals surface area contributed by atoms with Crippen molar-refractivity contribution in [2.45, 2.75) is 35.5 Å².